The zero-order valence-corrected chi connectivity index (χ0v) is 12.8. The molecule has 0 saturated heterocycles. The molecule has 2 nitrogen and oxygen atoms in total. The third-order valence-corrected chi connectivity index (χ3v) is 3.55. The number of hydrogen-bond acceptors (Lipinski definition) is 3. The molecule has 0 amide bonds. The second-order valence-electron chi connectivity index (χ2n) is 4.82. The standard InChI is InChI=1S/C16H22N2S/c1-11(2)9-13-14(10-12(3)4)16(6-8-18)19-15(13)5-7-17/h5-10H,17-18H2,1-4H3/b7-5+,8-6+. The van der Waals surface area contributed by atoms with E-state index < -0.39 is 0 Å². The van der Waals surface area contributed by atoms with Gasteiger partial charge in [-0.2, -0.15) is 0 Å². The molecule has 0 unspecified atom stereocenters. The summed E-state index contributed by atoms with van der Waals surface area (Å²) in [6, 6.07) is 0. The van der Waals surface area contributed by atoms with Gasteiger partial charge in [0.05, 0.1) is 0 Å². The molecule has 0 aliphatic rings. The molecule has 3 heteroatoms. The van der Waals surface area contributed by atoms with Crippen molar-refractivity contribution in [2.75, 3.05) is 0 Å². The Kier molecular flexibility index (Phi) is 5.64. The van der Waals surface area contributed by atoms with Crippen molar-refractivity contribution < 1.29 is 0 Å². The summed E-state index contributed by atoms with van der Waals surface area (Å²) in [7, 11) is 0. The monoisotopic (exact) mass is 274 g/mol. The normalized spacial score (nSPS) is 11.2. The van der Waals surface area contributed by atoms with E-state index in [9.17, 15) is 0 Å². The Balaban J connectivity index is 3.60. The molecule has 0 aliphatic carbocycles. The van der Waals surface area contributed by atoms with E-state index in [0.717, 1.165) is 9.75 Å². The SMILES string of the molecule is CC(C)=Cc1c(/C=C/N)sc(/C=C/N)c1C=C(C)C. The third kappa shape index (κ3) is 4.14. The minimum atomic E-state index is 1.16. The van der Waals surface area contributed by atoms with E-state index in [4.69, 9.17) is 11.5 Å². The molecule has 0 bridgehead atoms. The zero-order chi connectivity index (χ0) is 14.4. The van der Waals surface area contributed by atoms with E-state index in [2.05, 4.69) is 39.8 Å². The molecule has 1 aromatic rings. The van der Waals surface area contributed by atoms with Gasteiger partial charge in [-0.25, -0.2) is 0 Å². The van der Waals surface area contributed by atoms with E-state index in [1.165, 1.54) is 22.3 Å². The van der Waals surface area contributed by atoms with Crippen LogP contribution in [-0.2, 0) is 0 Å². The number of nitrogens with two attached hydrogens (primary N) is 2. The lowest BCUT2D eigenvalue weighted by Gasteiger charge is -2.00. The molecule has 0 spiro atoms. The highest BCUT2D eigenvalue weighted by Crippen LogP contribution is 2.34. The molecule has 0 aromatic carbocycles. The molecule has 0 saturated carbocycles. The summed E-state index contributed by atoms with van der Waals surface area (Å²) in [5.74, 6) is 0. The van der Waals surface area contributed by atoms with Crippen LogP contribution in [0.2, 0.25) is 0 Å². The molecule has 1 aromatic heterocycles. The summed E-state index contributed by atoms with van der Waals surface area (Å²) in [6.07, 6.45) is 11.4. The van der Waals surface area contributed by atoms with Gasteiger partial charge in [0.1, 0.15) is 0 Å². The Morgan fingerprint density at radius 3 is 1.42 bits per heavy atom. The number of thiophene rings is 1. The molecule has 0 aliphatic heterocycles. The molecule has 0 atom stereocenters. The van der Waals surface area contributed by atoms with Crippen LogP contribution in [0.1, 0.15) is 48.6 Å². The van der Waals surface area contributed by atoms with Crippen LogP contribution in [0, 0.1) is 0 Å². The van der Waals surface area contributed by atoms with Crippen LogP contribution in [0.5, 0.6) is 0 Å². The first-order valence-corrected chi connectivity index (χ1v) is 7.04. The zero-order valence-electron chi connectivity index (χ0n) is 12.0. The second kappa shape index (κ2) is 7.00. The average molecular weight is 274 g/mol. The Labute approximate surface area is 119 Å². The van der Waals surface area contributed by atoms with Gasteiger partial charge in [0.25, 0.3) is 0 Å². The Hall–Kier alpha value is -1.74. The van der Waals surface area contributed by atoms with Crippen molar-refractivity contribution in [1.82, 2.24) is 0 Å². The molecular formula is C16H22N2S. The maximum absolute atomic E-state index is 5.54. The van der Waals surface area contributed by atoms with Crippen molar-refractivity contribution in [3.63, 3.8) is 0 Å². The van der Waals surface area contributed by atoms with Gasteiger partial charge in [-0.1, -0.05) is 23.3 Å². The lowest BCUT2D eigenvalue weighted by atomic mass is 10.0. The maximum Gasteiger partial charge on any atom is 0.0369 e. The van der Waals surface area contributed by atoms with Crippen molar-refractivity contribution >= 4 is 35.6 Å². The minimum Gasteiger partial charge on any atom is -0.405 e. The van der Waals surface area contributed by atoms with E-state index >= 15 is 0 Å². The lowest BCUT2D eigenvalue weighted by Crippen LogP contribution is -1.83. The average Bonchev–Trinajstić information content (AvgIpc) is 2.58. The van der Waals surface area contributed by atoms with Crippen molar-refractivity contribution in [2.45, 2.75) is 27.7 Å². The second-order valence-corrected chi connectivity index (χ2v) is 5.90. The van der Waals surface area contributed by atoms with Gasteiger partial charge in [-0.05, 0) is 52.2 Å². The van der Waals surface area contributed by atoms with E-state index in [0.29, 0.717) is 0 Å². The van der Waals surface area contributed by atoms with Gasteiger partial charge in [-0.3, -0.25) is 0 Å². The first kappa shape index (κ1) is 15.3. The van der Waals surface area contributed by atoms with Gasteiger partial charge >= 0.3 is 0 Å². The van der Waals surface area contributed by atoms with Crippen molar-refractivity contribution in [3.05, 3.63) is 44.4 Å². The quantitative estimate of drug-likeness (QED) is 0.852. The predicted molar refractivity (Wildman–Crippen MR) is 89.4 cm³/mol. The van der Waals surface area contributed by atoms with Crippen LogP contribution in [0.3, 0.4) is 0 Å². The number of hydrogen-bond donors (Lipinski definition) is 2. The molecule has 1 heterocycles. The van der Waals surface area contributed by atoms with Crippen molar-refractivity contribution in [1.29, 1.82) is 0 Å². The molecule has 102 valence electrons. The fraction of sp³-hybridized carbons (Fsp3) is 0.250. The van der Waals surface area contributed by atoms with Gasteiger partial charge in [0.2, 0.25) is 0 Å². The molecular weight excluding hydrogens is 252 g/mol. The van der Waals surface area contributed by atoms with E-state index in [1.807, 2.05) is 12.2 Å². The highest BCUT2D eigenvalue weighted by molar-refractivity contribution is 7.14. The number of allylic oxidation sites excluding steroid dienone is 2. The predicted octanol–water partition coefficient (Wildman–Crippen LogP) is 4.45. The summed E-state index contributed by atoms with van der Waals surface area (Å²) < 4.78 is 0. The van der Waals surface area contributed by atoms with E-state index in [-0.39, 0.29) is 0 Å². The van der Waals surface area contributed by atoms with Crippen molar-refractivity contribution in [2.24, 2.45) is 11.5 Å². The fourth-order valence-corrected chi connectivity index (χ4v) is 2.88. The van der Waals surface area contributed by atoms with Crippen LogP contribution in [0.25, 0.3) is 24.3 Å². The maximum atomic E-state index is 5.54. The first-order valence-electron chi connectivity index (χ1n) is 6.22. The summed E-state index contributed by atoms with van der Waals surface area (Å²) in [5.41, 5.74) is 16.0. The van der Waals surface area contributed by atoms with Gasteiger partial charge in [0, 0.05) is 20.9 Å². The molecule has 19 heavy (non-hydrogen) atoms. The van der Waals surface area contributed by atoms with Gasteiger partial charge in [0.15, 0.2) is 0 Å². The summed E-state index contributed by atoms with van der Waals surface area (Å²) in [4.78, 5) is 2.31. The summed E-state index contributed by atoms with van der Waals surface area (Å²) in [5, 5.41) is 0. The van der Waals surface area contributed by atoms with Crippen LogP contribution < -0.4 is 11.5 Å². The van der Waals surface area contributed by atoms with Crippen LogP contribution in [-0.4, -0.2) is 0 Å². The topological polar surface area (TPSA) is 52.0 Å². The number of rotatable bonds is 4. The van der Waals surface area contributed by atoms with Gasteiger partial charge < -0.3 is 11.5 Å². The summed E-state index contributed by atoms with van der Waals surface area (Å²) in [6.45, 7) is 8.38. The smallest absolute Gasteiger partial charge is 0.0369 e. The Bertz CT molecular complexity index is 501. The van der Waals surface area contributed by atoms with Crippen molar-refractivity contribution in [3.8, 4) is 0 Å². The Morgan fingerprint density at radius 2 is 1.16 bits per heavy atom. The minimum absolute atomic E-state index is 1.16. The lowest BCUT2D eigenvalue weighted by molar-refractivity contribution is 1.41. The Morgan fingerprint density at radius 1 is 0.789 bits per heavy atom. The van der Waals surface area contributed by atoms with Crippen LogP contribution in [0.15, 0.2) is 23.5 Å². The fourth-order valence-electron chi connectivity index (χ4n) is 1.79. The molecule has 0 fully saturated rings. The highest BCUT2D eigenvalue weighted by Gasteiger charge is 2.11. The molecule has 1 rings (SSSR count). The summed E-state index contributed by atoms with van der Waals surface area (Å²) >= 11 is 1.70. The highest BCUT2D eigenvalue weighted by atomic mass is 32.1. The van der Waals surface area contributed by atoms with Crippen LogP contribution >= 0.6 is 11.3 Å². The first-order chi connectivity index (χ1) is 8.99. The van der Waals surface area contributed by atoms with Crippen LogP contribution in [0.4, 0.5) is 0 Å². The third-order valence-electron chi connectivity index (χ3n) is 2.40. The molecule has 4 N–H and O–H groups in total. The largest absolute Gasteiger partial charge is 0.405 e. The van der Waals surface area contributed by atoms with E-state index in [1.54, 1.807) is 23.7 Å². The van der Waals surface area contributed by atoms with Gasteiger partial charge in [-0.15, -0.1) is 11.3 Å². The molecule has 0 radical (unpaired) electrons.